The fourth-order valence-electron chi connectivity index (χ4n) is 1.70. The van der Waals surface area contributed by atoms with E-state index in [1.54, 1.807) is 6.07 Å². The number of nitrogen functional groups attached to an aromatic ring is 1. The van der Waals surface area contributed by atoms with Gasteiger partial charge in [0.25, 0.3) is 0 Å². The number of rotatable bonds is 2. The quantitative estimate of drug-likeness (QED) is 0.598. The highest BCUT2D eigenvalue weighted by molar-refractivity contribution is 9.13. The van der Waals surface area contributed by atoms with Gasteiger partial charge < -0.3 is 5.73 Å². The first-order valence-electron chi connectivity index (χ1n) is 5.26. The number of aryl methyl sites for hydroxylation is 2. The van der Waals surface area contributed by atoms with Gasteiger partial charge in [-0.25, -0.2) is 0 Å². The molecule has 1 heterocycles. The lowest BCUT2D eigenvalue weighted by Gasteiger charge is -2.07. The summed E-state index contributed by atoms with van der Waals surface area (Å²) < 4.78 is 1.82. The fraction of sp³-hybridized carbons (Fsp3) is 0.154. The summed E-state index contributed by atoms with van der Waals surface area (Å²) in [5, 5.41) is 0. The number of hydrogen-bond acceptors (Lipinski definition) is 3. The van der Waals surface area contributed by atoms with Crippen LogP contribution >= 0.6 is 43.2 Å². The minimum Gasteiger partial charge on any atom is -0.398 e. The fourth-order valence-corrected chi connectivity index (χ4v) is 3.69. The van der Waals surface area contributed by atoms with Crippen LogP contribution in [0.3, 0.4) is 0 Å². The highest BCUT2D eigenvalue weighted by atomic mass is 79.9. The zero-order valence-corrected chi connectivity index (χ0v) is 13.9. The van der Waals surface area contributed by atoms with Gasteiger partial charge in [-0.15, -0.1) is 11.3 Å². The van der Waals surface area contributed by atoms with E-state index in [-0.39, 0.29) is 5.78 Å². The van der Waals surface area contributed by atoms with Crippen molar-refractivity contribution in [2.45, 2.75) is 13.8 Å². The third-order valence-electron chi connectivity index (χ3n) is 2.73. The number of carbonyl (C=O) groups excluding carboxylic acids is 1. The molecule has 0 amide bonds. The molecule has 0 fully saturated rings. The zero-order valence-electron chi connectivity index (χ0n) is 9.88. The Balaban J connectivity index is 2.49. The van der Waals surface area contributed by atoms with Gasteiger partial charge in [0.2, 0.25) is 5.78 Å². The third kappa shape index (κ3) is 2.53. The topological polar surface area (TPSA) is 43.1 Å². The van der Waals surface area contributed by atoms with Crippen molar-refractivity contribution in [3.63, 3.8) is 0 Å². The number of halogens is 2. The first-order valence-corrected chi connectivity index (χ1v) is 7.66. The summed E-state index contributed by atoms with van der Waals surface area (Å²) in [6, 6.07) is 5.53. The second-order valence-electron chi connectivity index (χ2n) is 4.09. The molecule has 0 aliphatic heterocycles. The maximum absolute atomic E-state index is 12.4. The summed E-state index contributed by atoms with van der Waals surface area (Å²) >= 11 is 8.20. The molecule has 0 aliphatic rings. The molecule has 0 atom stereocenters. The first kappa shape index (κ1) is 13.8. The summed E-state index contributed by atoms with van der Waals surface area (Å²) in [6.07, 6.45) is 0. The van der Waals surface area contributed by atoms with Crippen LogP contribution in [0.25, 0.3) is 0 Å². The van der Waals surface area contributed by atoms with E-state index in [0.29, 0.717) is 16.1 Å². The molecule has 2 rings (SSSR count). The van der Waals surface area contributed by atoms with Gasteiger partial charge in [-0.2, -0.15) is 0 Å². The van der Waals surface area contributed by atoms with E-state index < -0.39 is 0 Å². The normalized spacial score (nSPS) is 10.7. The Hall–Kier alpha value is -0.650. The SMILES string of the molecule is Cc1cc(C)c(C(=O)c2cc(Br)c(Br)s2)cc1N. The van der Waals surface area contributed by atoms with Gasteiger partial charge in [-0.1, -0.05) is 6.07 Å². The van der Waals surface area contributed by atoms with Gasteiger partial charge in [0, 0.05) is 15.7 Å². The summed E-state index contributed by atoms with van der Waals surface area (Å²) in [7, 11) is 0. The molecule has 5 heteroatoms. The van der Waals surface area contributed by atoms with Crippen LogP contribution in [0, 0.1) is 13.8 Å². The van der Waals surface area contributed by atoms with Gasteiger partial charge in [-0.05, 0) is 69.0 Å². The van der Waals surface area contributed by atoms with Crippen LogP contribution < -0.4 is 5.73 Å². The molecular formula is C13H11Br2NOS. The third-order valence-corrected chi connectivity index (χ3v) is 5.98. The molecule has 0 aliphatic carbocycles. The number of nitrogens with two attached hydrogens (primary N) is 1. The number of carbonyl (C=O) groups is 1. The zero-order chi connectivity index (χ0) is 13.4. The van der Waals surface area contributed by atoms with Crippen LogP contribution in [-0.4, -0.2) is 5.78 Å². The molecule has 0 spiro atoms. The largest absolute Gasteiger partial charge is 0.398 e. The average molecular weight is 389 g/mol. The van der Waals surface area contributed by atoms with Gasteiger partial charge in [-0.3, -0.25) is 4.79 Å². The molecule has 1 aromatic carbocycles. The Morgan fingerprint density at radius 1 is 1.17 bits per heavy atom. The highest BCUT2D eigenvalue weighted by Crippen LogP contribution is 2.34. The smallest absolute Gasteiger partial charge is 0.203 e. The molecule has 0 bridgehead atoms. The first-order chi connectivity index (χ1) is 8.40. The molecule has 18 heavy (non-hydrogen) atoms. The van der Waals surface area contributed by atoms with E-state index in [4.69, 9.17) is 5.73 Å². The maximum atomic E-state index is 12.4. The highest BCUT2D eigenvalue weighted by Gasteiger charge is 2.17. The Morgan fingerprint density at radius 2 is 1.83 bits per heavy atom. The lowest BCUT2D eigenvalue weighted by Crippen LogP contribution is -2.04. The van der Waals surface area contributed by atoms with Crippen molar-refractivity contribution in [2.75, 3.05) is 5.73 Å². The molecule has 2 N–H and O–H groups in total. The number of thiophene rings is 1. The molecule has 2 aromatic rings. The van der Waals surface area contributed by atoms with Crippen molar-refractivity contribution in [1.82, 2.24) is 0 Å². The minimum atomic E-state index is 0.00981. The molecule has 2 nitrogen and oxygen atoms in total. The average Bonchev–Trinajstić information content (AvgIpc) is 2.63. The lowest BCUT2D eigenvalue weighted by atomic mass is 10.00. The van der Waals surface area contributed by atoms with Crippen LogP contribution in [0.5, 0.6) is 0 Å². The molecule has 0 radical (unpaired) electrons. The molecule has 94 valence electrons. The Kier molecular flexibility index (Phi) is 3.94. The van der Waals surface area contributed by atoms with Crippen molar-refractivity contribution in [2.24, 2.45) is 0 Å². The molecule has 0 saturated heterocycles. The number of anilines is 1. The molecule has 1 aromatic heterocycles. The lowest BCUT2D eigenvalue weighted by molar-refractivity contribution is 0.104. The Morgan fingerprint density at radius 3 is 2.39 bits per heavy atom. The second kappa shape index (κ2) is 5.15. The van der Waals surface area contributed by atoms with Crippen LogP contribution in [0.1, 0.15) is 26.4 Å². The maximum Gasteiger partial charge on any atom is 0.203 e. The minimum absolute atomic E-state index is 0.00981. The molecular weight excluding hydrogens is 378 g/mol. The summed E-state index contributed by atoms with van der Waals surface area (Å²) in [6.45, 7) is 3.87. The summed E-state index contributed by atoms with van der Waals surface area (Å²) in [4.78, 5) is 13.1. The number of hydrogen-bond donors (Lipinski definition) is 1. The van der Waals surface area contributed by atoms with Crippen LogP contribution in [-0.2, 0) is 0 Å². The standard InChI is InChI=1S/C13H11Br2NOS/c1-6-3-7(2)10(16)4-8(6)12(17)11-5-9(14)13(15)18-11/h3-5H,16H2,1-2H3. The molecule has 0 unspecified atom stereocenters. The van der Waals surface area contributed by atoms with Gasteiger partial charge >= 0.3 is 0 Å². The summed E-state index contributed by atoms with van der Waals surface area (Å²) in [5.74, 6) is 0.00981. The predicted molar refractivity (Wildman–Crippen MR) is 83.5 cm³/mol. The van der Waals surface area contributed by atoms with Crippen molar-refractivity contribution >= 4 is 54.7 Å². The molecule has 0 saturated carbocycles. The second-order valence-corrected chi connectivity index (χ2v) is 7.31. The van der Waals surface area contributed by atoms with Crippen LogP contribution in [0.4, 0.5) is 5.69 Å². The van der Waals surface area contributed by atoms with Gasteiger partial charge in [0.15, 0.2) is 0 Å². The van der Waals surface area contributed by atoms with E-state index >= 15 is 0 Å². The van der Waals surface area contributed by atoms with Gasteiger partial charge in [0.05, 0.1) is 8.66 Å². The van der Waals surface area contributed by atoms with E-state index in [0.717, 1.165) is 19.4 Å². The predicted octanol–water partition coefficient (Wildman–Crippen LogP) is 4.70. The van der Waals surface area contributed by atoms with Gasteiger partial charge in [0.1, 0.15) is 0 Å². The van der Waals surface area contributed by atoms with E-state index in [2.05, 4.69) is 31.9 Å². The van der Waals surface area contributed by atoms with Crippen molar-refractivity contribution in [3.05, 3.63) is 48.0 Å². The number of benzene rings is 1. The Labute approximate surface area is 126 Å². The van der Waals surface area contributed by atoms with Crippen molar-refractivity contribution in [1.29, 1.82) is 0 Å². The number of ketones is 1. The van der Waals surface area contributed by atoms with E-state index in [1.807, 2.05) is 26.0 Å². The van der Waals surface area contributed by atoms with Crippen molar-refractivity contribution in [3.8, 4) is 0 Å². The van der Waals surface area contributed by atoms with E-state index in [1.165, 1.54) is 11.3 Å². The van der Waals surface area contributed by atoms with E-state index in [9.17, 15) is 4.79 Å². The van der Waals surface area contributed by atoms with Crippen LogP contribution in [0.2, 0.25) is 0 Å². The monoisotopic (exact) mass is 387 g/mol. The van der Waals surface area contributed by atoms with Crippen molar-refractivity contribution < 1.29 is 4.79 Å². The summed E-state index contributed by atoms with van der Waals surface area (Å²) in [5.41, 5.74) is 9.14. The van der Waals surface area contributed by atoms with Crippen LogP contribution in [0.15, 0.2) is 26.5 Å². The Bertz CT molecular complexity index is 615.